The minimum absolute atomic E-state index is 0.106. The van der Waals surface area contributed by atoms with Gasteiger partial charge >= 0.3 is 6.18 Å². The molecule has 0 saturated carbocycles. The molecule has 1 N–H and O–H groups in total. The average Bonchev–Trinajstić information content (AvgIpc) is 3.00. The highest BCUT2D eigenvalue weighted by Crippen LogP contribution is 2.52. The predicted octanol–water partition coefficient (Wildman–Crippen LogP) is 6.05. The van der Waals surface area contributed by atoms with Gasteiger partial charge in [-0.1, -0.05) is 60.7 Å². The van der Waals surface area contributed by atoms with E-state index in [-0.39, 0.29) is 30.0 Å². The summed E-state index contributed by atoms with van der Waals surface area (Å²) < 4.78 is 61.6. The zero-order chi connectivity index (χ0) is 29.8. The molecule has 0 bridgehead atoms. The maximum Gasteiger partial charge on any atom is 0.431 e. The van der Waals surface area contributed by atoms with Gasteiger partial charge in [-0.25, -0.2) is 0 Å². The number of piperidine rings is 2. The largest absolute Gasteiger partial charge is 0.493 e. The van der Waals surface area contributed by atoms with Crippen molar-refractivity contribution in [1.82, 2.24) is 10.2 Å². The van der Waals surface area contributed by atoms with Gasteiger partial charge < -0.3 is 24.4 Å². The highest BCUT2D eigenvalue weighted by atomic mass is 19.4. The van der Waals surface area contributed by atoms with Crippen LogP contribution in [0, 0.1) is 5.41 Å². The number of alkyl halides is 3. The van der Waals surface area contributed by atoms with Crippen LogP contribution < -0.4 is 10.1 Å². The number of nitrogens with zero attached hydrogens (tertiary/aromatic N) is 1. The van der Waals surface area contributed by atoms with Crippen LogP contribution in [0.4, 0.5) is 13.2 Å². The molecule has 1 spiro atoms. The monoisotopic (exact) mass is 584 g/mol. The van der Waals surface area contributed by atoms with Crippen molar-refractivity contribution in [1.29, 1.82) is 0 Å². The molecule has 0 unspecified atom stereocenters. The van der Waals surface area contributed by atoms with Crippen LogP contribution in [0.1, 0.15) is 42.7 Å². The fraction of sp³-hybridized carbons (Fsp3) is 0.485. The molecule has 42 heavy (non-hydrogen) atoms. The molecule has 1 amide bonds. The lowest BCUT2D eigenvalue weighted by atomic mass is 9.62. The molecule has 5 rings (SSSR count). The third-order valence-electron chi connectivity index (χ3n) is 9.15. The Morgan fingerprint density at radius 1 is 0.952 bits per heavy atom. The number of rotatable bonds is 9. The molecule has 0 aromatic heterocycles. The van der Waals surface area contributed by atoms with Crippen LogP contribution in [-0.2, 0) is 19.9 Å². The Bertz CT molecular complexity index is 1370. The minimum atomic E-state index is -4.96. The van der Waals surface area contributed by atoms with Gasteiger partial charge in [-0.15, -0.1) is 0 Å². The number of amides is 1. The van der Waals surface area contributed by atoms with E-state index in [9.17, 15) is 4.79 Å². The zero-order valence-corrected chi connectivity index (χ0v) is 24.2. The molecular formula is C33H39F3N2O4. The van der Waals surface area contributed by atoms with Gasteiger partial charge in [0.05, 0.1) is 6.61 Å². The number of likely N-dealkylation sites (tertiary alicyclic amines) is 1. The second kappa shape index (κ2) is 12.6. The number of hydrogen-bond donors (Lipinski definition) is 1. The Kier molecular flexibility index (Phi) is 9.11. The molecule has 2 heterocycles. The maximum atomic E-state index is 15.0. The number of benzene rings is 3. The minimum Gasteiger partial charge on any atom is -0.493 e. The molecule has 2 aliphatic rings. The lowest BCUT2D eigenvalue weighted by molar-refractivity contribution is -0.270. The van der Waals surface area contributed by atoms with E-state index in [1.54, 1.807) is 43.5 Å². The normalized spacial score (nSPS) is 20.4. The zero-order valence-electron chi connectivity index (χ0n) is 24.2. The van der Waals surface area contributed by atoms with E-state index in [1.165, 1.54) is 11.0 Å². The van der Waals surface area contributed by atoms with Gasteiger partial charge in [-0.3, -0.25) is 4.79 Å². The molecule has 2 fully saturated rings. The standard InChI is InChI=1S/C33H39F3N2O4/c1-40-21-8-22-42-29-14-6-5-12-26(29)28-23-37-18-15-31(28)16-19-38(20-17-31)30(39)32(41-2,33(34,35)36)27-13-7-10-24-9-3-4-11-25(24)27/h3-7,9-14,28,37H,8,15-23H2,1-2H3/t28-,32+/m0/s1. The lowest BCUT2D eigenvalue weighted by Crippen LogP contribution is -2.60. The quantitative estimate of drug-likeness (QED) is 0.311. The van der Waals surface area contributed by atoms with Gasteiger partial charge in [0.2, 0.25) is 0 Å². The molecule has 3 aromatic carbocycles. The van der Waals surface area contributed by atoms with Gasteiger partial charge in [0.1, 0.15) is 5.75 Å². The Balaban J connectivity index is 1.42. The highest BCUT2D eigenvalue weighted by molar-refractivity contribution is 5.95. The maximum absolute atomic E-state index is 15.0. The SMILES string of the molecule is COCCCOc1ccccc1[C@@H]1CNCCC12CCN(C(=O)[C@](OC)(c1cccc3ccccc13)C(F)(F)F)CC2. The number of fused-ring (bicyclic) bond motifs is 1. The first-order valence-electron chi connectivity index (χ1n) is 14.6. The number of para-hydroxylation sites is 1. The Hall–Kier alpha value is -3.14. The number of carbonyl (C=O) groups excluding carboxylic acids is 1. The van der Waals surface area contributed by atoms with Gasteiger partial charge in [-0.2, -0.15) is 13.2 Å². The molecule has 2 atom stereocenters. The molecule has 2 saturated heterocycles. The lowest BCUT2D eigenvalue weighted by Gasteiger charge is -2.51. The van der Waals surface area contributed by atoms with Crippen LogP contribution in [0.5, 0.6) is 5.75 Å². The molecule has 3 aromatic rings. The van der Waals surface area contributed by atoms with Crippen LogP contribution >= 0.6 is 0 Å². The number of ether oxygens (including phenoxy) is 3. The van der Waals surface area contributed by atoms with Crippen molar-refractivity contribution in [3.05, 3.63) is 77.9 Å². The third kappa shape index (κ3) is 5.50. The third-order valence-corrected chi connectivity index (χ3v) is 9.15. The summed E-state index contributed by atoms with van der Waals surface area (Å²) in [5.41, 5.74) is -2.35. The second-order valence-electron chi connectivity index (χ2n) is 11.3. The Morgan fingerprint density at radius 2 is 1.67 bits per heavy atom. The van der Waals surface area contributed by atoms with Crippen molar-refractivity contribution < 1.29 is 32.2 Å². The van der Waals surface area contributed by atoms with Crippen LogP contribution in [-0.4, -0.2) is 70.6 Å². The van der Waals surface area contributed by atoms with Crippen LogP contribution in [0.15, 0.2) is 66.7 Å². The summed E-state index contributed by atoms with van der Waals surface area (Å²) in [6.07, 6.45) is -2.14. The number of carbonyl (C=O) groups is 1. The molecular weight excluding hydrogens is 545 g/mol. The summed E-state index contributed by atoms with van der Waals surface area (Å²) in [4.78, 5) is 15.4. The van der Waals surface area contributed by atoms with E-state index in [0.29, 0.717) is 36.8 Å². The first-order valence-corrected chi connectivity index (χ1v) is 14.6. The summed E-state index contributed by atoms with van der Waals surface area (Å²) in [6.45, 7) is 3.15. The molecule has 0 radical (unpaired) electrons. The summed E-state index contributed by atoms with van der Waals surface area (Å²) in [5, 5.41) is 4.48. The summed E-state index contributed by atoms with van der Waals surface area (Å²) in [5.74, 6) is -0.127. The topological polar surface area (TPSA) is 60.0 Å². The summed E-state index contributed by atoms with van der Waals surface area (Å²) in [7, 11) is 2.64. The Labute approximate surface area is 245 Å². The number of methoxy groups -OCH3 is 2. The molecule has 2 aliphatic heterocycles. The predicted molar refractivity (Wildman–Crippen MR) is 156 cm³/mol. The fourth-order valence-corrected chi connectivity index (χ4v) is 6.91. The molecule has 226 valence electrons. The Morgan fingerprint density at radius 3 is 2.40 bits per heavy atom. The van der Waals surface area contributed by atoms with Gasteiger partial charge in [-0.05, 0) is 53.6 Å². The highest BCUT2D eigenvalue weighted by Gasteiger charge is 2.64. The smallest absolute Gasteiger partial charge is 0.431 e. The number of halogens is 3. The first-order chi connectivity index (χ1) is 20.3. The van der Waals surface area contributed by atoms with E-state index < -0.39 is 17.7 Å². The van der Waals surface area contributed by atoms with E-state index in [2.05, 4.69) is 11.4 Å². The van der Waals surface area contributed by atoms with E-state index in [1.807, 2.05) is 18.2 Å². The van der Waals surface area contributed by atoms with Crippen molar-refractivity contribution in [2.45, 2.75) is 43.4 Å². The van der Waals surface area contributed by atoms with Gasteiger partial charge in [0, 0.05) is 58.4 Å². The molecule has 9 heteroatoms. The molecule has 6 nitrogen and oxygen atoms in total. The van der Waals surface area contributed by atoms with Crippen LogP contribution in [0.2, 0.25) is 0 Å². The van der Waals surface area contributed by atoms with Crippen molar-refractivity contribution >= 4 is 16.7 Å². The van der Waals surface area contributed by atoms with E-state index in [4.69, 9.17) is 14.2 Å². The summed E-state index contributed by atoms with van der Waals surface area (Å²) in [6, 6.07) is 19.4. The van der Waals surface area contributed by atoms with Gasteiger partial charge in [0.25, 0.3) is 11.5 Å². The average molecular weight is 585 g/mol. The van der Waals surface area contributed by atoms with E-state index in [0.717, 1.165) is 44.4 Å². The van der Waals surface area contributed by atoms with E-state index >= 15 is 13.2 Å². The van der Waals surface area contributed by atoms with Gasteiger partial charge in [0.15, 0.2) is 0 Å². The summed E-state index contributed by atoms with van der Waals surface area (Å²) >= 11 is 0. The number of nitrogens with one attached hydrogen (secondary N) is 1. The fourth-order valence-electron chi connectivity index (χ4n) is 6.91. The van der Waals surface area contributed by atoms with Crippen LogP contribution in [0.25, 0.3) is 10.8 Å². The van der Waals surface area contributed by atoms with Crippen LogP contribution in [0.3, 0.4) is 0 Å². The van der Waals surface area contributed by atoms with Crippen molar-refractivity contribution in [3.8, 4) is 5.75 Å². The van der Waals surface area contributed by atoms with Crippen molar-refractivity contribution in [3.63, 3.8) is 0 Å². The van der Waals surface area contributed by atoms with Crippen molar-refractivity contribution in [2.24, 2.45) is 5.41 Å². The molecule has 0 aliphatic carbocycles. The first kappa shape index (κ1) is 30.3. The number of hydrogen-bond acceptors (Lipinski definition) is 5. The van der Waals surface area contributed by atoms with Crippen molar-refractivity contribution in [2.75, 3.05) is 53.6 Å². The second-order valence-corrected chi connectivity index (χ2v) is 11.3.